The fourth-order valence-electron chi connectivity index (χ4n) is 4.42. The van der Waals surface area contributed by atoms with E-state index in [4.69, 9.17) is 9.47 Å². The maximum absolute atomic E-state index is 12.6. The van der Waals surface area contributed by atoms with Crippen molar-refractivity contribution >= 4 is 21.8 Å². The number of rotatable bonds is 9. The predicted octanol–water partition coefficient (Wildman–Crippen LogP) is 1.25. The highest BCUT2D eigenvalue weighted by atomic mass is 32.2. The van der Waals surface area contributed by atoms with E-state index in [1.54, 1.807) is 12.1 Å². The van der Waals surface area contributed by atoms with Gasteiger partial charge < -0.3 is 20.1 Å². The molecule has 3 rings (SSSR count). The number of carbonyl (C=O) groups excluding carboxylic acids is 2. The van der Waals surface area contributed by atoms with Crippen LogP contribution in [0.25, 0.3) is 0 Å². The Morgan fingerprint density at radius 3 is 2.67 bits per heavy atom. The van der Waals surface area contributed by atoms with Crippen molar-refractivity contribution in [2.45, 2.75) is 68.7 Å². The summed E-state index contributed by atoms with van der Waals surface area (Å²) in [7, 11) is -2.05. The highest BCUT2D eigenvalue weighted by Crippen LogP contribution is 2.33. The Kier molecular flexibility index (Phi) is 8.55. The van der Waals surface area contributed by atoms with Gasteiger partial charge in [0.25, 0.3) is 0 Å². The zero-order valence-corrected chi connectivity index (χ0v) is 20.2. The fraction of sp³-hybridized carbons (Fsp3) is 0.636. The van der Waals surface area contributed by atoms with E-state index < -0.39 is 9.84 Å². The summed E-state index contributed by atoms with van der Waals surface area (Å²) in [5.74, 6) is 0.484. The van der Waals surface area contributed by atoms with Crippen LogP contribution in [-0.2, 0) is 25.8 Å². The van der Waals surface area contributed by atoms with Gasteiger partial charge in [0.1, 0.15) is 11.9 Å². The first kappa shape index (κ1) is 25.3. The predicted molar refractivity (Wildman–Crippen MR) is 122 cm³/mol. The maximum atomic E-state index is 12.6. The lowest BCUT2D eigenvalue weighted by Crippen LogP contribution is -2.45. The summed E-state index contributed by atoms with van der Waals surface area (Å²) in [5.41, 5.74) is 6.78. The van der Waals surface area contributed by atoms with E-state index in [-0.39, 0.29) is 41.6 Å². The molecule has 2 fully saturated rings. The second-order valence-corrected chi connectivity index (χ2v) is 10.7. The molecule has 11 heteroatoms. The van der Waals surface area contributed by atoms with Gasteiger partial charge in [0.05, 0.1) is 24.6 Å². The van der Waals surface area contributed by atoms with Crippen molar-refractivity contribution in [3.05, 3.63) is 23.8 Å². The molecule has 1 saturated carbocycles. The summed E-state index contributed by atoms with van der Waals surface area (Å²) in [4.78, 5) is 24.5. The summed E-state index contributed by atoms with van der Waals surface area (Å²) in [5, 5.41) is 5.65. The molecule has 4 N–H and O–H groups in total. The lowest BCUT2D eigenvalue weighted by molar-refractivity contribution is -0.121. The van der Waals surface area contributed by atoms with Gasteiger partial charge in [-0.3, -0.25) is 10.2 Å². The van der Waals surface area contributed by atoms with Crippen LogP contribution in [-0.4, -0.2) is 58.6 Å². The number of benzene rings is 1. The van der Waals surface area contributed by atoms with Gasteiger partial charge in [-0.15, -0.1) is 0 Å². The zero-order valence-electron chi connectivity index (χ0n) is 19.3. The van der Waals surface area contributed by atoms with E-state index in [0.29, 0.717) is 30.2 Å². The quantitative estimate of drug-likeness (QED) is 0.413. The first-order chi connectivity index (χ1) is 15.7. The molecule has 0 radical (unpaired) electrons. The smallest absolute Gasteiger partial charge is 0.407 e. The minimum Gasteiger partial charge on any atom is -0.497 e. The van der Waals surface area contributed by atoms with Crippen LogP contribution < -0.4 is 26.2 Å². The summed E-state index contributed by atoms with van der Waals surface area (Å²) in [6, 6.07) is 4.83. The molecule has 1 aromatic carbocycles. The van der Waals surface area contributed by atoms with Gasteiger partial charge in [-0.05, 0) is 55.7 Å². The van der Waals surface area contributed by atoms with Crippen molar-refractivity contribution in [1.82, 2.24) is 21.5 Å². The van der Waals surface area contributed by atoms with Crippen LogP contribution >= 0.6 is 0 Å². The molecule has 1 heterocycles. The van der Waals surface area contributed by atoms with Gasteiger partial charge in [-0.2, -0.15) is 0 Å². The normalized spacial score (nSPS) is 24.9. The van der Waals surface area contributed by atoms with Gasteiger partial charge in [-0.1, -0.05) is 13.0 Å². The van der Waals surface area contributed by atoms with Gasteiger partial charge in [0, 0.05) is 18.8 Å². The average Bonchev–Trinajstić information content (AvgIpc) is 3.41. The number of ether oxygens (including phenoxy) is 2. The number of carbonyl (C=O) groups is 2. The second-order valence-electron chi connectivity index (χ2n) is 8.70. The van der Waals surface area contributed by atoms with Crippen LogP contribution in [0.5, 0.6) is 5.75 Å². The third kappa shape index (κ3) is 7.05. The summed E-state index contributed by atoms with van der Waals surface area (Å²) >= 11 is 0. The number of hydrogen-bond donors (Lipinski definition) is 4. The molecular weight excluding hydrogens is 448 g/mol. The number of hydrazine groups is 1. The number of methoxy groups -OCH3 is 1. The SMILES string of the molecule is CCCNC(=O)O[C@@H]1CC[C@H](C2CC(NC(=O)Cc3ccc(OC)cc3S(C)(=O)=O)NN2)C1. The third-order valence-electron chi connectivity index (χ3n) is 6.08. The number of nitrogens with one attached hydrogen (secondary N) is 4. The van der Waals surface area contributed by atoms with Crippen LogP contribution in [0, 0.1) is 5.92 Å². The van der Waals surface area contributed by atoms with E-state index in [1.807, 2.05) is 6.92 Å². The molecule has 1 aromatic rings. The number of alkyl carbamates (subject to hydrolysis) is 1. The van der Waals surface area contributed by atoms with Crippen molar-refractivity contribution in [1.29, 1.82) is 0 Å². The topological polar surface area (TPSA) is 135 Å². The van der Waals surface area contributed by atoms with E-state index >= 15 is 0 Å². The molecule has 2 unspecified atom stereocenters. The third-order valence-corrected chi connectivity index (χ3v) is 7.26. The monoisotopic (exact) mass is 482 g/mol. The van der Waals surface area contributed by atoms with E-state index in [0.717, 1.165) is 31.9 Å². The van der Waals surface area contributed by atoms with Crippen molar-refractivity contribution in [2.24, 2.45) is 5.92 Å². The molecule has 0 spiro atoms. The molecule has 1 aliphatic heterocycles. The van der Waals surface area contributed by atoms with E-state index in [2.05, 4.69) is 21.5 Å². The number of sulfone groups is 1. The van der Waals surface area contributed by atoms with Crippen molar-refractivity contribution < 1.29 is 27.5 Å². The minimum atomic E-state index is -3.51. The number of hydrogen-bond acceptors (Lipinski definition) is 8. The average molecular weight is 483 g/mol. The molecule has 4 atom stereocenters. The van der Waals surface area contributed by atoms with E-state index in [1.165, 1.54) is 13.2 Å². The lowest BCUT2D eigenvalue weighted by atomic mass is 9.96. The lowest BCUT2D eigenvalue weighted by Gasteiger charge is -2.18. The molecule has 2 aliphatic rings. The maximum Gasteiger partial charge on any atom is 0.407 e. The molecule has 0 aromatic heterocycles. The Labute approximate surface area is 195 Å². The van der Waals surface area contributed by atoms with Crippen molar-refractivity contribution in [3.8, 4) is 5.75 Å². The van der Waals surface area contributed by atoms with Crippen LogP contribution in [0.4, 0.5) is 4.79 Å². The summed E-state index contributed by atoms with van der Waals surface area (Å²) in [6.45, 7) is 2.59. The van der Waals surface area contributed by atoms with Crippen LogP contribution in [0.15, 0.2) is 23.1 Å². The Balaban J connectivity index is 1.49. The highest BCUT2D eigenvalue weighted by Gasteiger charge is 2.37. The molecule has 10 nitrogen and oxygen atoms in total. The highest BCUT2D eigenvalue weighted by molar-refractivity contribution is 7.90. The van der Waals surface area contributed by atoms with Crippen molar-refractivity contribution in [2.75, 3.05) is 19.9 Å². The zero-order chi connectivity index (χ0) is 24.0. The fourth-order valence-corrected chi connectivity index (χ4v) is 5.37. The molecule has 184 valence electrons. The van der Waals surface area contributed by atoms with Gasteiger partial charge in [-0.25, -0.2) is 18.6 Å². The molecule has 1 aliphatic carbocycles. The Bertz CT molecular complexity index is 954. The Morgan fingerprint density at radius 1 is 1.18 bits per heavy atom. The standard InChI is InChI=1S/C22H34N4O6S/c1-4-9-23-22(28)32-17-8-5-14(10-17)18-13-20(26-25-18)24-21(27)11-15-6-7-16(31-2)12-19(15)33(3,29)30/h6-7,12,14,17-18,20,25-26H,4-5,8-11,13H2,1-3H3,(H,23,28)(H,24,27)/t14-,17+,18?,20?/m0/s1. The van der Waals surface area contributed by atoms with Gasteiger partial charge >= 0.3 is 6.09 Å². The summed E-state index contributed by atoms with van der Waals surface area (Å²) in [6.07, 6.45) is 4.43. The first-order valence-electron chi connectivity index (χ1n) is 11.3. The Hall–Kier alpha value is -2.37. The van der Waals surface area contributed by atoms with Crippen LogP contribution in [0.2, 0.25) is 0 Å². The largest absolute Gasteiger partial charge is 0.497 e. The molecule has 33 heavy (non-hydrogen) atoms. The minimum absolute atomic E-state index is 0.0541. The molecule has 1 saturated heterocycles. The van der Waals surface area contributed by atoms with Crippen molar-refractivity contribution in [3.63, 3.8) is 0 Å². The number of amides is 2. The van der Waals surface area contributed by atoms with Gasteiger partial charge in [0.15, 0.2) is 9.84 Å². The van der Waals surface area contributed by atoms with Gasteiger partial charge in [0.2, 0.25) is 5.91 Å². The first-order valence-corrected chi connectivity index (χ1v) is 13.2. The van der Waals surface area contributed by atoms with E-state index in [9.17, 15) is 18.0 Å². The second kappa shape index (κ2) is 11.2. The summed E-state index contributed by atoms with van der Waals surface area (Å²) < 4.78 is 34.9. The molecular formula is C22H34N4O6S. The molecule has 0 bridgehead atoms. The van der Waals surface area contributed by atoms with Crippen LogP contribution in [0.1, 0.15) is 44.6 Å². The molecule has 2 amide bonds. The Morgan fingerprint density at radius 2 is 1.97 bits per heavy atom. The van der Waals surface area contributed by atoms with Crippen LogP contribution in [0.3, 0.4) is 0 Å².